The first-order valence-corrected chi connectivity index (χ1v) is 8.29. The lowest BCUT2D eigenvalue weighted by Gasteiger charge is -2.16. The maximum atomic E-state index is 14.2. The molecule has 0 aliphatic carbocycles. The molecule has 0 aliphatic rings. The zero-order chi connectivity index (χ0) is 19.1. The minimum atomic E-state index is -3.68. The molecule has 0 saturated heterocycles. The van der Waals surface area contributed by atoms with Crippen molar-refractivity contribution in [3.8, 4) is 0 Å². The summed E-state index contributed by atoms with van der Waals surface area (Å²) in [6, 6.07) is 10.2. The molecule has 2 aromatic carbocycles. The lowest BCUT2D eigenvalue weighted by molar-refractivity contribution is -0.238. The maximum absolute atomic E-state index is 14.2. The molecule has 6 heteroatoms. The topological polar surface area (TPSA) is 44.1 Å². The van der Waals surface area contributed by atoms with Crippen LogP contribution in [0.4, 0.5) is 8.78 Å². The highest BCUT2D eigenvalue weighted by molar-refractivity contribution is 5.83. The summed E-state index contributed by atoms with van der Waals surface area (Å²) in [5.41, 5.74) is 4.31. The first-order valence-electron chi connectivity index (χ1n) is 8.29. The molecule has 136 valence electrons. The van der Waals surface area contributed by atoms with Crippen LogP contribution in [0, 0.1) is 20.8 Å². The molecule has 4 nitrogen and oxygen atoms in total. The van der Waals surface area contributed by atoms with Crippen LogP contribution in [0.25, 0.3) is 10.9 Å². The third kappa shape index (κ3) is 3.31. The Morgan fingerprint density at radius 3 is 2.42 bits per heavy atom. The standard InChI is InChI=1S/C20H20F2N2O2/c1-12-6-5-7-13(2)18(12)11-24-19-10-16(20(21,22)26-15(4)25)8-9-17(19)14(3)23-24/h5-10H,11H2,1-4H3. The molecule has 3 rings (SSSR count). The van der Waals surface area contributed by atoms with Gasteiger partial charge in [-0.05, 0) is 49.6 Å². The summed E-state index contributed by atoms with van der Waals surface area (Å²) in [5, 5.41) is 5.31. The van der Waals surface area contributed by atoms with Crippen LogP contribution < -0.4 is 0 Å². The first-order chi connectivity index (χ1) is 12.2. The fourth-order valence-corrected chi connectivity index (χ4v) is 3.13. The van der Waals surface area contributed by atoms with Crippen molar-refractivity contribution in [2.24, 2.45) is 0 Å². The van der Waals surface area contributed by atoms with E-state index in [1.165, 1.54) is 12.1 Å². The van der Waals surface area contributed by atoms with E-state index >= 15 is 0 Å². The van der Waals surface area contributed by atoms with Crippen LogP contribution in [0.1, 0.15) is 34.9 Å². The molecule has 0 spiro atoms. The molecule has 3 aromatic rings. The smallest absolute Gasteiger partial charge is 0.397 e. The van der Waals surface area contributed by atoms with E-state index in [1.807, 2.05) is 39.0 Å². The van der Waals surface area contributed by atoms with Crippen molar-refractivity contribution >= 4 is 16.9 Å². The number of carbonyl (C=O) groups excluding carboxylic acids is 1. The molecule has 0 radical (unpaired) electrons. The number of benzene rings is 2. The van der Waals surface area contributed by atoms with Crippen molar-refractivity contribution in [1.82, 2.24) is 9.78 Å². The van der Waals surface area contributed by atoms with Crippen molar-refractivity contribution in [2.75, 3.05) is 0 Å². The van der Waals surface area contributed by atoms with E-state index in [4.69, 9.17) is 0 Å². The zero-order valence-corrected chi connectivity index (χ0v) is 15.1. The van der Waals surface area contributed by atoms with Gasteiger partial charge in [-0.15, -0.1) is 0 Å². The molecule has 0 amide bonds. The predicted molar refractivity (Wildman–Crippen MR) is 95.1 cm³/mol. The highest BCUT2D eigenvalue weighted by Crippen LogP contribution is 2.32. The van der Waals surface area contributed by atoms with Crippen LogP contribution >= 0.6 is 0 Å². The minimum Gasteiger partial charge on any atom is -0.397 e. The third-order valence-corrected chi connectivity index (χ3v) is 4.50. The number of carbonyl (C=O) groups is 1. The molecular weight excluding hydrogens is 338 g/mol. The van der Waals surface area contributed by atoms with Crippen molar-refractivity contribution in [2.45, 2.75) is 40.3 Å². The Bertz CT molecular complexity index is 973. The van der Waals surface area contributed by atoms with Crippen LogP contribution in [0.3, 0.4) is 0 Å². The Hall–Kier alpha value is -2.76. The third-order valence-electron chi connectivity index (χ3n) is 4.50. The highest BCUT2D eigenvalue weighted by atomic mass is 19.3. The molecule has 0 atom stereocenters. The number of nitrogens with zero attached hydrogens (tertiary/aromatic N) is 2. The molecule has 0 unspecified atom stereocenters. The van der Waals surface area contributed by atoms with E-state index in [-0.39, 0.29) is 5.56 Å². The number of ether oxygens (including phenoxy) is 1. The number of aryl methyl sites for hydroxylation is 3. The molecule has 26 heavy (non-hydrogen) atoms. The van der Waals surface area contributed by atoms with Crippen LogP contribution in [-0.4, -0.2) is 15.7 Å². The van der Waals surface area contributed by atoms with Gasteiger partial charge in [-0.25, -0.2) is 0 Å². The monoisotopic (exact) mass is 358 g/mol. The van der Waals surface area contributed by atoms with Gasteiger partial charge in [0.15, 0.2) is 0 Å². The Labute approximate surface area is 150 Å². The van der Waals surface area contributed by atoms with Gasteiger partial charge >= 0.3 is 12.1 Å². The van der Waals surface area contributed by atoms with E-state index in [2.05, 4.69) is 9.84 Å². The van der Waals surface area contributed by atoms with Crippen molar-refractivity contribution in [3.05, 3.63) is 64.3 Å². The lowest BCUT2D eigenvalue weighted by Crippen LogP contribution is -2.21. The Kier molecular flexibility index (Phi) is 4.52. The minimum absolute atomic E-state index is 0.372. The van der Waals surface area contributed by atoms with E-state index in [0.717, 1.165) is 34.7 Å². The van der Waals surface area contributed by atoms with Gasteiger partial charge in [0.2, 0.25) is 0 Å². The molecular formula is C20H20F2N2O2. The average molecular weight is 358 g/mol. The Balaban J connectivity index is 2.09. The number of alkyl halides is 2. The van der Waals surface area contributed by atoms with Crippen molar-refractivity contribution in [3.63, 3.8) is 0 Å². The van der Waals surface area contributed by atoms with Gasteiger partial charge in [0.05, 0.1) is 23.3 Å². The number of aromatic nitrogens is 2. The zero-order valence-electron chi connectivity index (χ0n) is 15.1. The molecule has 1 heterocycles. The summed E-state index contributed by atoms with van der Waals surface area (Å²) in [6.45, 7) is 7.31. The number of fused-ring (bicyclic) bond motifs is 1. The molecule has 1 aromatic heterocycles. The van der Waals surface area contributed by atoms with Crippen molar-refractivity contribution in [1.29, 1.82) is 0 Å². The van der Waals surface area contributed by atoms with Crippen molar-refractivity contribution < 1.29 is 18.3 Å². The summed E-state index contributed by atoms with van der Waals surface area (Å²) < 4.78 is 34.2. The van der Waals surface area contributed by atoms with Crippen LogP contribution in [0.15, 0.2) is 36.4 Å². The second-order valence-corrected chi connectivity index (χ2v) is 6.46. The summed E-state index contributed by atoms with van der Waals surface area (Å²) in [5.74, 6) is -1.03. The Morgan fingerprint density at radius 2 is 1.81 bits per heavy atom. The number of hydrogen-bond donors (Lipinski definition) is 0. The summed E-state index contributed by atoms with van der Waals surface area (Å²) in [4.78, 5) is 11.0. The van der Waals surface area contributed by atoms with Gasteiger partial charge < -0.3 is 4.74 Å². The van der Waals surface area contributed by atoms with Crippen LogP contribution in [-0.2, 0) is 22.2 Å². The second-order valence-electron chi connectivity index (χ2n) is 6.46. The number of esters is 1. The molecule has 0 N–H and O–H groups in total. The quantitative estimate of drug-likeness (QED) is 0.639. The van der Waals surface area contributed by atoms with E-state index in [0.29, 0.717) is 12.1 Å². The molecule has 0 aliphatic heterocycles. The fourth-order valence-electron chi connectivity index (χ4n) is 3.13. The molecule has 0 bridgehead atoms. The van der Waals surface area contributed by atoms with Gasteiger partial charge in [-0.2, -0.15) is 13.9 Å². The average Bonchev–Trinajstić information content (AvgIpc) is 2.86. The van der Waals surface area contributed by atoms with Gasteiger partial charge in [0.1, 0.15) is 0 Å². The summed E-state index contributed by atoms with van der Waals surface area (Å²) in [6.07, 6.45) is -3.68. The molecule has 0 fully saturated rings. The highest BCUT2D eigenvalue weighted by Gasteiger charge is 2.36. The van der Waals surface area contributed by atoms with Crippen LogP contribution in [0.2, 0.25) is 0 Å². The van der Waals surface area contributed by atoms with Gasteiger partial charge in [0, 0.05) is 12.3 Å². The second kappa shape index (κ2) is 6.52. The van der Waals surface area contributed by atoms with E-state index < -0.39 is 12.1 Å². The number of rotatable bonds is 4. The fraction of sp³-hybridized carbons (Fsp3) is 0.300. The largest absolute Gasteiger partial charge is 0.428 e. The number of halogens is 2. The normalized spacial score (nSPS) is 11.8. The lowest BCUT2D eigenvalue weighted by atomic mass is 10.0. The van der Waals surface area contributed by atoms with Gasteiger partial charge in [-0.3, -0.25) is 9.48 Å². The number of hydrogen-bond acceptors (Lipinski definition) is 3. The summed E-state index contributed by atoms with van der Waals surface area (Å²) >= 11 is 0. The predicted octanol–water partition coefficient (Wildman–Crippen LogP) is 4.62. The van der Waals surface area contributed by atoms with E-state index in [1.54, 1.807) is 10.7 Å². The van der Waals surface area contributed by atoms with Gasteiger partial charge in [-0.1, -0.05) is 24.3 Å². The van der Waals surface area contributed by atoms with E-state index in [9.17, 15) is 13.6 Å². The summed E-state index contributed by atoms with van der Waals surface area (Å²) in [7, 11) is 0. The van der Waals surface area contributed by atoms with Gasteiger partial charge in [0.25, 0.3) is 0 Å². The maximum Gasteiger partial charge on any atom is 0.428 e. The van der Waals surface area contributed by atoms with Crippen LogP contribution in [0.5, 0.6) is 0 Å². The Morgan fingerprint density at radius 1 is 1.15 bits per heavy atom. The molecule has 0 saturated carbocycles. The first kappa shape index (κ1) is 18.0. The SMILES string of the molecule is CC(=O)OC(F)(F)c1ccc2c(C)nn(Cc3c(C)cccc3C)c2c1.